The number of aliphatic hydroxyl groups excluding tert-OH is 1. The summed E-state index contributed by atoms with van der Waals surface area (Å²) in [6.45, 7) is 3.64. The number of fused-ring (bicyclic) bond motifs is 3. The SMILES string of the molecule is Cc1ncc(NC(=O)c2cccc(C(F)(F)F)c2)cc1-c1cnc2c(c1)N1CCOC[C@H]1C[C@@H]2O. The molecule has 2 aliphatic heterocycles. The minimum absolute atomic E-state index is 0.0700. The van der Waals surface area contributed by atoms with Crippen molar-refractivity contribution in [2.24, 2.45) is 0 Å². The Hall–Kier alpha value is -3.50. The van der Waals surface area contributed by atoms with E-state index in [1.165, 1.54) is 18.3 Å². The first kappa shape index (κ1) is 23.3. The van der Waals surface area contributed by atoms with Crippen molar-refractivity contribution >= 4 is 17.3 Å². The van der Waals surface area contributed by atoms with E-state index < -0.39 is 23.8 Å². The molecule has 2 aromatic heterocycles. The molecule has 1 fully saturated rings. The smallest absolute Gasteiger partial charge is 0.387 e. The van der Waals surface area contributed by atoms with Gasteiger partial charge >= 0.3 is 6.18 Å². The van der Waals surface area contributed by atoms with Crippen molar-refractivity contribution in [1.29, 1.82) is 0 Å². The highest BCUT2D eigenvalue weighted by atomic mass is 19.4. The number of hydrogen-bond donors (Lipinski definition) is 2. The lowest BCUT2D eigenvalue weighted by Crippen LogP contribution is -2.49. The average molecular weight is 484 g/mol. The predicted molar refractivity (Wildman–Crippen MR) is 123 cm³/mol. The van der Waals surface area contributed by atoms with Crippen molar-refractivity contribution in [2.45, 2.75) is 31.7 Å². The molecule has 35 heavy (non-hydrogen) atoms. The van der Waals surface area contributed by atoms with Gasteiger partial charge in [0.1, 0.15) is 6.10 Å². The molecule has 1 amide bonds. The monoisotopic (exact) mass is 484 g/mol. The zero-order valence-electron chi connectivity index (χ0n) is 18.8. The third-order valence-corrected chi connectivity index (χ3v) is 6.35. The number of amides is 1. The number of nitrogens with one attached hydrogen (secondary N) is 1. The van der Waals surface area contributed by atoms with E-state index in [1.54, 1.807) is 12.3 Å². The standard InChI is InChI=1S/C25H23F3N4O3/c1-14-20(16-8-21-23(30-11-16)22(33)10-19-13-35-6-5-32(19)21)9-18(12-29-14)31-24(34)15-3-2-4-17(7-15)25(26,27)28/h2-4,7-9,11-12,19,22,33H,5-6,10,13H2,1H3,(H,31,34)/t19-,22+/m1/s1. The second kappa shape index (κ2) is 8.94. The minimum atomic E-state index is -4.54. The third kappa shape index (κ3) is 4.59. The van der Waals surface area contributed by atoms with Crippen molar-refractivity contribution in [3.63, 3.8) is 0 Å². The number of rotatable bonds is 3. The highest BCUT2D eigenvalue weighted by Gasteiger charge is 2.35. The van der Waals surface area contributed by atoms with Crippen molar-refractivity contribution in [1.82, 2.24) is 9.97 Å². The number of benzene rings is 1. The number of halogens is 3. The van der Waals surface area contributed by atoms with Gasteiger partial charge in [-0.25, -0.2) is 0 Å². The Labute approximate surface area is 199 Å². The minimum Gasteiger partial charge on any atom is -0.387 e. The van der Waals surface area contributed by atoms with Crippen LogP contribution < -0.4 is 10.2 Å². The van der Waals surface area contributed by atoms with Gasteiger partial charge in [0, 0.05) is 41.5 Å². The number of nitrogens with zero attached hydrogens (tertiary/aromatic N) is 3. The van der Waals surface area contributed by atoms with E-state index in [-0.39, 0.29) is 11.6 Å². The van der Waals surface area contributed by atoms with Gasteiger partial charge in [-0.2, -0.15) is 13.2 Å². The van der Waals surface area contributed by atoms with Crippen molar-refractivity contribution < 1.29 is 27.8 Å². The summed E-state index contributed by atoms with van der Waals surface area (Å²) in [5.74, 6) is -0.671. The normalized spacial score (nSPS) is 19.6. The number of carbonyl (C=O) groups excluding carboxylic acids is 1. The Kier molecular flexibility index (Phi) is 5.94. The molecular weight excluding hydrogens is 461 g/mol. The molecular formula is C25H23F3N4O3. The van der Waals surface area contributed by atoms with Gasteiger partial charge in [-0.05, 0) is 37.3 Å². The first-order chi connectivity index (χ1) is 16.7. The second-order valence-electron chi connectivity index (χ2n) is 8.69. The van der Waals surface area contributed by atoms with E-state index in [0.29, 0.717) is 48.8 Å². The maximum Gasteiger partial charge on any atom is 0.416 e. The van der Waals surface area contributed by atoms with Crippen LogP contribution in [0, 0.1) is 6.92 Å². The summed E-state index contributed by atoms with van der Waals surface area (Å²) in [6.07, 6.45) is -1.55. The van der Waals surface area contributed by atoms with Gasteiger partial charge in [-0.15, -0.1) is 0 Å². The number of aromatic nitrogens is 2. The predicted octanol–water partition coefficient (Wildman–Crippen LogP) is 4.37. The molecule has 0 aliphatic carbocycles. The maximum absolute atomic E-state index is 13.0. The summed E-state index contributed by atoms with van der Waals surface area (Å²) in [5, 5.41) is 13.2. The third-order valence-electron chi connectivity index (χ3n) is 6.35. The van der Waals surface area contributed by atoms with Gasteiger partial charge in [-0.3, -0.25) is 14.8 Å². The number of morpholine rings is 1. The van der Waals surface area contributed by atoms with Crippen LogP contribution in [0.3, 0.4) is 0 Å². The molecule has 2 aliphatic rings. The van der Waals surface area contributed by atoms with Gasteiger partial charge in [0.2, 0.25) is 0 Å². The van der Waals surface area contributed by atoms with Crippen LogP contribution in [-0.4, -0.2) is 46.8 Å². The zero-order chi connectivity index (χ0) is 24.7. The number of aryl methyl sites for hydroxylation is 1. The van der Waals surface area contributed by atoms with Crippen LogP contribution in [0.25, 0.3) is 11.1 Å². The molecule has 2 N–H and O–H groups in total. The van der Waals surface area contributed by atoms with Crippen LogP contribution in [0.4, 0.5) is 24.5 Å². The summed E-state index contributed by atoms with van der Waals surface area (Å²) in [4.78, 5) is 23.7. The average Bonchev–Trinajstić information content (AvgIpc) is 2.84. The summed E-state index contributed by atoms with van der Waals surface area (Å²) >= 11 is 0. The molecule has 0 spiro atoms. The van der Waals surface area contributed by atoms with E-state index >= 15 is 0 Å². The molecule has 0 radical (unpaired) electrons. The largest absolute Gasteiger partial charge is 0.416 e. The Morgan fingerprint density at radius 3 is 2.83 bits per heavy atom. The summed E-state index contributed by atoms with van der Waals surface area (Å²) in [7, 11) is 0. The quantitative estimate of drug-likeness (QED) is 0.574. The zero-order valence-corrected chi connectivity index (χ0v) is 18.8. The number of hydrogen-bond acceptors (Lipinski definition) is 6. The Morgan fingerprint density at radius 1 is 1.20 bits per heavy atom. The molecule has 7 nitrogen and oxygen atoms in total. The molecule has 182 valence electrons. The summed E-state index contributed by atoms with van der Waals surface area (Å²) < 4.78 is 44.6. The molecule has 1 saturated heterocycles. The molecule has 3 aromatic rings. The number of alkyl halides is 3. The van der Waals surface area contributed by atoms with Crippen molar-refractivity contribution in [3.8, 4) is 11.1 Å². The fourth-order valence-electron chi connectivity index (χ4n) is 4.57. The molecule has 0 bridgehead atoms. The van der Waals surface area contributed by atoms with Crippen LogP contribution in [-0.2, 0) is 10.9 Å². The fourth-order valence-corrected chi connectivity index (χ4v) is 4.57. The maximum atomic E-state index is 13.0. The number of anilines is 2. The van der Waals surface area contributed by atoms with E-state index in [9.17, 15) is 23.1 Å². The summed E-state index contributed by atoms with van der Waals surface area (Å²) in [6, 6.07) is 7.99. The molecule has 2 atom stereocenters. The van der Waals surface area contributed by atoms with Crippen LogP contribution in [0.15, 0.2) is 48.8 Å². The highest BCUT2D eigenvalue weighted by molar-refractivity contribution is 6.04. The van der Waals surface area contributed by atoms with Gasteiger partial charge in [-0.1, -0.05) is 6.07 Å². The van der Waals surface area contributed by atoms with Gasteiger partial charge < -0.3 is 20.1 Å². The van der Waals surface area contributed by atoms with E-state index in [1.807, 2.05) is 13.0 Å². The fraction of sp³-hybridized carbons (Fsp3) is 0.320. The van der Waals surface area contributed by atoms with Crippen LogP contribution in [0.5, 0.6) is 0 Å². The van der Waals surface area contributed by atoms with Crippen LogP contribution in [0.2, 0.25) is 0 Å². The Bertz CT molecular complexity index is 1280. The van der Waals surface area contributed by atoms with Crippen molar-refractivity contribution in [2.75, 3.05) is 30.0 Å². The lowest BCUT2D eigenvalue weighted by molar-refractivity contribution is -0.137. The molecule has 1 aromatic carbocycles. The lowest BCUT2D eigenvalue weighted by Gasteiger charge is -2.43. The number of carbonyl (C=O) groups is 1. The van der Waals surface area contributed by atoms with Gasteiger partial charge in [0.15, 0.2) is 0 Å². The molecule has 5 rings (SSSR count). The highest BCUT2D eigenvalue weighted by Crippen LogP contribution is 2.39. The van der Waals surface area contributed by atoms with Gasteiger partial charge in [0.05, 0.1) is 48.1 Å². The summed E-state index contributed by atoms with van der Waals surface area (Å²) in [5.41, 5.74) is 2.96. The topological polar surface area (TPSA) is 87.6 Å². The molecule has 10 heteroatoms. The molecule has 4 heterocycles. The van der Waals surface area contributed by atoms with Crippen LogP contribution in [0.1, 0.15) is 39.8 Å². The van der Waals surface area contributed by atoms with E-state index in [0.717, 1.165) is 23.4 Å². The Morgan fingerprint density at radius 2 is 2.03 bits per heavy atom. The number of aliphatic hydroxyl groups is 1. The van der Waals surface area contributed by atoms with E-state index in [4.69, 9.17) is 4.74 Å². The molecule has 0 unspecified atom stereocenters. The molecule has 0 saturated carbocycles. The lowest BCUT2D eigenvalue weighted by atomic mass is 9.94. The number of pyridine rings is 2. The van der Waals surface area contributed by atoms with Crippen molar-refractivity contribution in [3.05, 3.63) is 71.3 Å². The second-order valence-corrected chi connectivity index (χ2v) is 8.69. The Balaban J connectivity index is 1.44. The first-order valence-corrected chi connectivity index (χ1v) is 11.2. The number of ether oxygens (including phenoxy) is 1. The van der Waals surface area contributed by atoms with E-state index in [2.05, 4.69) is 20.2 Å². The first-order valence-electron chi connectivity index (χ1n) is 11.2. The van der Waals surface area contributed by atoms with Crippen LogP contribution >= 0.6 is 0 Å². The van der Waals surface area contributed by atoms with Gasteiger partial charge in [0.25, 0.3) is 5.91 Å².